The van der Waals surface area contributed by atoms with Crippen molar-refractivity contribution in [3.05, 3.63) is 23.8 Å². The molecule has 2 atom stereocenters. The first-order valence-electron chi connectivity index (χ1n) is 9.07. The molecular weight excluding hydrogens is 334 g/mol. The van der Waals surface area contributed by atoms with Crippen LogP contribution >= 0.6 is 0 Å². The topological polar surface area (TPSA) is 77.0 Å². The summed E-state index contributed by atoms with van der Waals surface area (Å²) in [6.07, 6.45) is 1.56. The minimum absolute atomic E-state index is 0.0441. The number of aryl methyl sites for hydroxylation is 1. The maximum Gasteiger partial charge on any atom is 0.220 e. The number of hydrogen-bond acceptors (Lipinski definition) is 5. The monoisotopic (exact) mass is 365 g/mol. The van der Waals surface area contributed by atoms with Crippen LogP contribution < -0.4 is 14.8 Å². The molecular formula is C20H31NO5. The van der Waals surface area contributed by atoms with Gasteiger partial charge in [0.25, 0.3) is 0 Å². The van der Waals surface area contributed by atoms with Gasteiger partial charge < -0.3 is 24.6 Å². The molecule has 6 heteroatoms. The first-order chi connectivity index (χ1) is 12.3. The summed E-state index contributed by atoms with van der Waals surface area (Å²) in [5.74, 6) is 1.32. The van der Waals surface area contributed by atoms with Crippen molar-refractivity contribution in [2.24, 2.45) is 5.41 Å². The van der Waals surface area contributed by atoms with Crippen LogP contribution in [-0.2, 0) is 16.0 Å². The molecule has 1 fully saturated rings. The molecule has 1 aromatic carbocycles. The SMILES string of the molecule is CCO[C@@H]1C[C@](CO)(NC(=O)CCc2cc(OC)cc(OC)c2)C1(C)C. The van der Waals surface area contributed by atoms with Gasteiger partial charge in [-0.25, -0.2) is 0 Å². The molecule has 1 amide bonds. The number of nitrogens with one attached hydrogen (secondary N) is 1. The smallest absolute Gasteiger partial charge is 0.220 e. The largest absolute Gasteiger partial charge is 0.497 e. The fraction of sp³-hybridized carbons (Fsp3) is 0.650. The van der Waals surface area contributed by atoms with E-state index in [-0.39, 0.29) is 24.0 Å². The Morgan fingerprint density at radius 3 is 2.31 bits per heavy atom. The second-order valence-corrected chi connectivity index (χ2v) is 7.38. The van der Waals surface area contributed by atoms with Gasteiger partial charge in [0, 0.05) is 30.9 Å². The zero-order valence-corrected chi connectivity index (χ0v) is 16.4. The van der Waals surface area contributed by atoms with E-state index in [1.807, 2.05) is 32.9 Å². The van der Waals surface area contributed by atoms with Gasteiger partial charge in [-0.05, 0) is 31.0 Å². The number of carbonyl (C=O) groups excluding carboxylic acids is 1. The van der Waals surface area contributed by atoms with Crippen LogP contribution in [0.3, 0.4) is 0 Å². The number of amides is 1. The quantitative estimate of drug-likeness (QED) is 0.702. The van der Waals surface area contributed by atoms with Gasteiger partial charge in [-0.3, -0.25) is 4.79 Å². The Kier molecular flexibility index (Phi) is 6.53. The average Bonchev–Trinajstić information content (AvgIpc) is 2.64. The van der Waals surface area contributed by atoms with Crippen LogP contribution in [0.1, 0.15) is 39.2 Å². The number of benzene rings is 1. The zero-order valence-electron chi connectivity index (χ0n) is 16.4. The molecule has 0 aliphatic heterocycles. The lowest BCUT2D eigenvalue weighted by Crippen LogP contribution is -2.74. The van der Waals surface area contributed by atoms with Crippen molar-refractivity contribution in [3.63, 3.8) is 0 Å². The van der Waals surface area contributed by atoms with Crippen LogP contribution in [0.25, 0.3) is 0 Å². The van der Waals surface area contributed by atoms with Crippen molar-refractivity contribution in [2.45, 2.75) is 51.7 Å². The summed E-state index contributed by atoms with van der Waals surface area (Å²) < 4.78 is 16.2. The van der Waals surface area contributed by atoms with Crippen LogP contribution in [0.4, 0.5) is 0 Å². The molecule has 2 rings (SSSR count). The molecule has 2 N–H and O–H groups in total. The molecule has 0 radical (unpaired) electrons. The first kappa shape index (κ1) is 20.5. The van der Waals surface area contributed by atoms with E-state index in [0.717, 1.165) is 5.56 Å². The second-order valence-electron chi connectivity index (χ2n) is 7.38. The van der Waals surface area contributed by atoms with Gasteiger partial charge in [0.2, 0.25) is 5.91 Å². The van der Waals surface area contributed by atoms with Crippen molar-refractivity contribution < 1.29 is 24.1 Å². The molecule has 0 heterocycles. The van der Waals surface area contributed by atoms with E-state index >= 15 is 0 Å². The number of ether oxygens (including phenoxy) is 3. The summed E-state index contributed by atoms with van der Waals surface area (Å²) in [6, 6.07) is 5.60. The van der Waals surface area contributed by atoms with Crippen molar-refractivity contribution in [2.75, 3.05) is 27.4 Å². The molecule has 0 saturated heterocycles. The Balaban J connectivity index is 1.98. The molecule has 1 aromatic rings. The Hall–Kier alpha value is -1.79. The predicted octanol–water partition coefficient (Wildman–Crippen LogP) is 2.32. The maximum absolute atomic E-state index is 12.5. The molecule has 0 unspecified atom stereocenters. The lowest BCUT2D eigenvalue weighted by atomic mass is 9.54. The molecule has 146 valence electrons. The normalized spacial score (nSPS) is 23.8. The molecule has 0 bridgehead atoms. The van der Waals surface area contributed by atoms with Gasteiger partial charge in [0.05, 0.1) is 32.5 Å². The van der Waals surface area contributed by atoms with E-state index in [2.05, 4.69) is 5.32 Å². The standard InChI is InChI=1S/C20H31NO5/c1-6-26-17-12-20(13-22,19(17,2)3)21-18(23)8-7-14-9-15(24-4)11-16(10-14)25-5/h9-11,17,22H,6-8,12-13H2,1-5H3,(H,21,23)/t17-,20-/m1/s1. The minimum atomic E-state index is -0.629. The summed E-state index contributed by atoms with van der Waals surface area (Å²) in [5, 5.41) is 13.0. The maximum atomic E-state index is 12.5. The fourth-order valence-electron chi connectivity index (χ4n) is 3.60. The van der Waals surface area contributed by atoms with Crippen LogP contribution in [-0.4, -0.2) is 50.1 Å². The summed E-state index contributed by atoms with van der Waals surface area (Å²) in [7, 11) is 3.20. The van der Waals surface area contributed by atoms with Crippen LogP contribution in [0.2, 0.25) is 0 Å². The van der Waals surface area contributed by atoms with E-state index in [1.165, 1.54) is 0 Å². The van der Waals surface area contributed by atoms with Crippen LogP contribution in [0.5, 0.6) is 11.5 Å². The summed E-state index contributed by atoms with van der Waals surface area (Å²) in [5.41, 5.74) is 0.0252. The third-order valence-electron chi connectivity index (χ3n) is 5.64. The highest BCUT2D eigenvalue weighted by Crippen LogP contribution is 2.51. The molecule has 0 spiro atoms. The van der Waals surface area contributed by atoms with Crippen LogP contribution in [0, 0.1) is 5.41 Å². The number of carbonyl (C=O) groups is 1. The van der Waals surface area contributed by atoms with Gasteiger partial charge in [-0.2, -0.15) is 0 Å². The number of aliphatic hydroxyl groups excluding tert-OH is 1. The Bertz CT molecular complexity index is 608. The number of methoxy groups -OCH3 is 2. The van der Waals surface area contributed by atoms with Gasteiger partial charge in [0.1, 0.15) is 11.5 Å². The van der Waals surface area contributed by atoms with E-state index in [1.54, 1.807) is 20.3 Å². The van der Waals surface area contributed by atoms with E-state index in [4.69, 9.17) is 14.2 Å². The molecule has 6 nitrogen and oxygen atoms in total. The summed E-state index contributed by atoms with van der Waals surface area (Å²) in [4.78, 5) is 12.5. The van der Waals surface area contributed by atoms with E-state index < -0.39 is 5.54 Å². The van der Waals surface area contributed by atoms with Gasteiger partial charge in [0.15, 0.2) is 0 Å². The first-order valence-corrected chi connectivity index (χ1v) is 9.07. The van der Waals surface area contributed by atoms with Crippen molar-refractivity contribution in [1.82, 2.24) is 5.32 Å². The lowest BCUT2D eigenvalue weighted by molar-refractivity contribution is -0.181. The van der Waals surface area contributed by atoms with E-state index in [0.29, 0.717) is 37.4 Å². The Labute approximate surface area is 155 Å². The minimum Gasteiger partial charge on any atom is -0.497 e. The Morgan fingerprint density at radius 2 is 1.85 bits per heavy atom. The molecule has 0 aromatic heterocycles. The van der Waals surface area contributed by atoms with E-state index in [9.17, 15) is 9.90 Å². The molecule has 1 aliphatic carbocycles. The van der Waals surface area contributed by atoms with Gasteiger partial charge in [-0.1, -0.05) is 13.8 Å². The molecule has 1 saturated carbocycles. The van der Waals surface area contributed by atoms with Gasteiger partial charge >= 0.3 is 0 Å². The molecule has 26 heavy (non-hydrogen) atoms. The lowest BCUT2D eigenvalue weighted by Gasteiger charge is -2.60. The highest BCUT2D eigenvalue weighted by atomic mass is 16.5. The highest BCUT2D eigenvalue weighted by molar-refractivity contribution is 5.77. The summed E-state index contributed by atoms with van der Waals surface area (Å²) in [6.45, 7) is 6.54. The van der Waals surface area contributed by atoms with Crippen molar-refractivity contribution in [3.8, 4) is 11.5 Å². The molecule has 1 aliphatic rings. The second kappa shape index (κ2) is 8.27. The third kappa shape index (κ3) is 3.96. The Morgan fingerprint density at radius 1 is 1.23 bits per heavy atom. The highest BCUT2D eigenvalue weighted by Gasteiger charge is 2.61. The summed E-state index contributed by atoms with van der Waals surface area (Å²) >= 11 is 0. The third-order valence-corrected chi connectivity index (χ3v) is 5.64. The van der Waals surface area contributed by atoms with Gasteiger partial charge in [-0.15, -0.1) is 0 Å². The fourth-order valence-corrected chi connectivity index (χ4v) is 3.60. The van der Waals surface area contributed by atoms with Crippen LogP contribution in [0.15, 0.2) is 18.2 Å². The number of rotatable bonds is 9. The average molecular weight is 365 g/mol. The number of hydrogen-bond donors (Lipinski definition) is 2. The zero-order chi connectivity index (χ0) is 19.4. The predicted molar refractivity (Wildman–Crippen MR) is 99.6 cm³/mol. The van der Waals surface area contributed by atoms with Crippen molar-refractivity contribution in [1.29, 1.82) is 0 Å². The number of aliphatic hydroxyl groups is 1. The van der Waals surface area contributed by atoms with Crippen molar-refractivity contribution >= 4 is 5.91 Å².